The fourth-order valence-corrected chi connectivity index (χ4v) is 1.22. The first-order chi connectivity index (χ1) is 4.50. The van der Waals surface area contributed by atoms with Gasteiger partial charge in [-0.05, 0) is 13.0 Å². The van der Waals surface area contributed by atoms with Crippen molar-refractivity contribution < 1.29 is 12.8 Å². The zero-order valence-corrected chi connectivity index (χ0v) is 6.60. The van der Waals surface area contributed by atoms with Gasteiger partial charge in [0.25, 0.3) is 0 Å². The maximum atomic E-state index is 10.8. The Morgan fingerprint density at radius 3 is 2.30 bits per heavy atom. The summed E-state index contributed by atoms with van der Waals surface area (Å²) in [5.74, 6) is 0.612. The van der Waals surface area contributed by atoms with Crippen LogP contribution in [0.15, 0.2) is 21.6 Å². The molecule has 4 heteroatoms. The third-order valence-electron chi connectivity index (χ3n) is 1.13. The highest BCUT2D eigenvalue weighted by atomic mass is 32.2. The number of rotatable bonds is 1. The molecule has 1 heterocycles. The van der Waals surface area contributed by atoms with Crippen molar-refractivity contribution in [1.29, 1.82) is 0 Å². The Hall–Kier alpha value is -0.770. The molecule has 0 aliphatic carbocycles. The van der Waals surface area contributed by atoms with Crippen molar-refractivity contribution in [2.24, 2.45) is 0 Å². The van der Waals surface area contributed by atoms with Crippen LogP contribution in [-0.2, 0) is 9.84 Å². The van der Waals surface area contributed by atoms with Crippen molar-refractivity contribution in [1.82, 2.24) is 0 Å². The largest absolute Gasteiger partial charge is 0.468 e. The Bertz CT molecular complexity index is 321. The summed E-state index contributed by atoms with van der Waals surface area (Å²) in [5, 5.41) is 0. The van der Waals surface area contributed by atoms with Crippen molar-refractivity contribution in [2.75, 3.05) is 6.26 Å². The minimum absolute atomic E-state index is 0.241. The average molecular weight is 160 g/mol. The molecule has 0 amide bonds. The van der Waals surface area contributed by atoms with Crippen LogP contribution in [0.25, 0.3) is 0 Å². The third kappa shape index (κ3) is 1.39. The summed E-state index contributed by atoms with van der Waals surface area (Å²) in [6, 6.07) is 1.50. The maximum absolute atomic E-state index is 10.8. The van der Waals surface area contributed by atoms with Gasteiger partial charge in [-0.25, -0.2) is 8.42 Å². The fourth-order valence-electron chi connectivity index (χ4n) is 0.614. The van der Waals surface area contributed by atoms with Gasteiger partial charge in [0.1, 0.15) is 16.9 Å². The molecule has 0 atom stereocenters. The fraction of sp³-hybridized carbons (Fsp3) is 0.333. The molecule has 10 heavy (non-hydrogen) atoms. The van der Waals surface area contributed by atoms with Crippen LogP contribution >= 0.6 is 0 Å². The van der Waals surface area contributed by atoms with Crippen molar-refractivity contribution in [2.45, 2.75) is 11.8 Å². The molecule has 56 valence electrons. The van der Waals surface area contributed by atoms with E-state index in [1.165, 1.54) is 12.3 Å². The first-order valence-electron chi connectivity index (χ1n) is 2.75. The van der Waals surface area contributed by atoms with Gasteiger partial charge in [-0.2, -0.15) is 0 Å². The van der Waals surface area contributed by atoms with E-state index < -0.39 is 9.84 Å². The summed E-state index contributed by atoms with van der Waals surface area (Å²) in [6.45, 7) is 1.70. The molecule has 3 nitrogen and oxygen atoms in total. The topological polar surface area (TPSA) is 47.3 Å². The van der Waals surface area contributed by atoms with E-state index in [2.05, 4.69) is 0 Å². The van der Waals surface area contributed by atoms with E-state index in [0.717, 1.165) is 6.26 Å². The van der Waals surface area contributed by atoms with Gasteiger partial charge in [-0.3, -0.25) is 0 Å². The molecule has 0 bridgehead atoms. The van der Waals surface area contributed by atoms with Gasteiger partial charge in [0, 0.05) is 6.26 Å². The molecule has 1 aromatic heterocycles. The van der Waals surface area contributed by atoms with E-state index in [0.29, 0.717) is 5.76 Å². The average Bonchev–Trinajstić information content (AvgIpc) is 2.11. The van der Waals surface area contributed by atoms with Gasteiger partial charge in [0.2, 0.25) is 0 Å². The first kappa shape index (κ1) is 7.34. The van der Waals surface area contributed by atoms with Gasteiger partial charge >= 0.3 is 0 Å². The number of aryl methyl sites for hydroxylation is 1. The van der Waals surface area contributed by atoms with E-state index in [9.17, 15) is 8.42 Å². The van der Waals surface area contributed by atoms with Crippen LogP contribution in [0.3, 0.4) is 0 Å². The van der Waals surface area contributed by atoms with Gasteiger partial charge < -0.3 is 4.42 Å². The second-order valence-corrected chi connectivity index (χ2v) is 4.18. The summed E-state index contributed by atoms with van der Waals surface area (Å²) in [7, 11) is -3.08. The highest BCUT2D eigenvalue weighted by Crippen LogP contribution is 2.11. The van der Waals surface area contributed by atoms with Gasteiger partial charge in [0.05, 0.1) is 0 Å². The number of hydrogen-bond acceptors (Lipinski definition) is 3. The zero-order chi connectivity index (χ0) is 7.78. The standard InChI is InChI=1S/C6H8O3S/c1-5-3-6(4-9-5)10(2,7)8/h3-4H,1-2H3. The molecule has 0 unspecified atom stereocenters. The van der Waals surface area contributed by atoms with Crippen LogP contribution < -0.4 is 0 Å². The molecular weight excluding hydrogens is 152 g/mol. The predicted molar refractivity (Wildman–Crippen MR) is 36.6 cm³/mol. The molecule has 1 rings (SSSR count). The van der Waals surface area contributed by atoms with Crippen LogP contribution in [0.1, 0.15) is 5.76 Å². The van der Waals surface area contributed by atoms with Crippen LogP contribution in [0.5, 0.6) is 0 Å². The number of furan rings is 1. The van der Waals surface area contributed by atoms with Crippen LogP contribution in [0.4, 0.5) is 0 Å². The highest BCUT2D eigenvalue weighted by Gasteiger charge is 2.08. The summed E-state index contributed by atoms with van der Waals surface area (Å²) >= 11 is 0. The van der Waals surface area contributed by atoms with E-state index in [1.54, 1.807) is 6.92 Å². The maximum Gasteiger partial charge on any atom is 0.178 e. The molecule has 1 aromatic rings. The lowest BCUT2D eigenvalue weighted by molar-refractivity contribution is 0.528. The lowest BCUT2D eigenvalue weighted by atomic mass is 10.5. The normalized spacial score (nSPS) is 11.8. The SMILES string of the molecule is Cc1cc(S(C)(=O)=O)co1. The molecule has 0 aliphatic heterocycles. The van der Waals surface area contributed by atoms with Crippen LogP contribution in [0, 0.1) is 6.92 Å². The smallest absolute Gasteiger partial charge is 0.178 e. The van der Waals surface area contributed by atoms with E-state index in [4.69, 9.17) is 4.42 Å². The van der Waals surface area contributed by atoms with Crippen molar-refractivity contribution in [3.63, 3.8) is 0 Å². The molecule has 0 saturated heterocycles. The predicted octanol–water partition coefficient (Wildman–Crippen LogP) is 0.992. The highest BCUT2D eigenvalue weighted by molar-refractivity contribution is 7.90. The van der Waals surface area contributed by atoms with Crippen molar-refractivity contribution >= 4 is 9.84 Å². The Morgan fingerprint density at radius 2 is 2.10 bits per heavy atom. The lowest BCUT2D eigenvalue weighted by Crippen LogP contribution is -1.93. The Kier molecular flexibility index (Phi) is 1.56. The second kappa shape index (κ2) is 2.12. The second-order valence-electron chi connectivity index (χ2n) is 2.17. The summed E-state index contributed by atoms with van der Waals surface area (Å²) in [5.41, 5.74) is 0. The third-order valence-corrected chi connectivity index (χ3v) is 2.21. The van der Waals surface area contributed by atoms with Crippen LogP contribution in [0.2, 0.25) is 0 Å². The van der Waals surface area contributed by atoms with E-state index in [1.807, 2.05) is 0 Å². The van der Waals surface area contributed by atoms with Gasteiger partial charge in [-0.15, -0.1) is 0 Å². The minimum atomic E-state index is -3.08. The summed E-state index contributed by atoms with van der Waals surface area (Å²) < 4.78 is 26.4. The first-order valence-corrected chi connectivity index (χ1v) is 4.64. The van der Waals surface area contributed by atoms with E-state index in [-0.39, 0.29) is 4.90 Å². The van der Waals surface area contributed by atoms with E-state index >= 15 is 0 Å². The molecule has 0 N–H and O–H groups in total. The molecule has 0 aromatic carbocycles. The molecule has 0 radical (unpaired) electrons. The number of sulfone groups is 1. The lowest BCUT2D eigenvalue weighted by Gasteiger charge is -1.85. The monoisotopic (exact) mass is 160 g/mol. The van der Waals surface area contributed by atoms with Gasteiger partial charge in [0.15, 0.2) is 9.84 Å². The molecular formula is C6H8O3S. The van der Waals surface area contributed by atoms with Crippen molar-refractivity contribution in [3.8, 4) is 0 Å². The quantitative estimate of drug-likeness (QED) is 0.615. The minimum Gasteiger partial charge on any atom is -0.468 e. The van der Waals surface area contributed by atoms with Crippen molar-refractivity contribution in [3.05, 3.63) is 18.1 Å². The van der Waals surface area contributed by atoms with Crippen LogP contribution in [-0.4, -0.2) is 14.7 Å². The Morgan fingerprint density at radius 1 is 1.50 bits per heavy atom. The molecule has 0 aliphatic rings. The Balaban J connectivity index is 3.21. The molecule has 0 saturated carbocycles. The molecule has 0 fully saturated rings. The Labute approximate surface area is 59.6 Å². The molecule has 0 spiro atoms. The van der Waals surface area contributed by atoms with Gasteiger partial charge in [-0.1, -0.05) is 0 Å². The summed E-state index contributed by atoms with van der Waals surface area (Å²) in [4.78, 5) is 0.241. The zero-order valence-electron chi connectivity index (χ0n) is 5.79. The number of hydrogen-bond donors (Lipinski definition) is 0. The summed E-state index contributed by atoms with van der Waals surface area (Å²) in [6.07, 6.45) is 2.39.